The van der Waals surface area contributed by atoms with Crippen LogP contribution in [-0.2, 0) is 0 Å². The third-order valence-electron chi connectivity index (χ3n) is 3.24. The third kappa shape index (κ3) is 3.05. The molecule has 0 radical (unpaired) electrons. The molecule has 1 aromatic rings. The molecule has 1 aromatic carbocycles. The van der Waals surface area contributed by atoms with Crippen molar-refractivity contribution in [2.75, 3.05) is 17.7 Å². The Morgan fingerprint density at radius 2 is 2.12 bits per heavy atom. The molecule has 0 atom stereocenters. The summed E-state index contributed by atoms with van der Waals surface area (Å²) in [4.78, 5) is 0. The van der Waals surface area contributed by atoms with Crippen LogP contribution in [0.5, 0.6) is 5.75 Å². The summed E-state index contributed by atoms with van der Waals surface area (Å²) in [6.07, 6.45) is 6.14. The summed E-state index contributed by atoms with van der Waals surface area (Å²) in [6, 6.07) is 6.55. The number of nitrogens with two attached hydrogens (primary N) is 1. The first-order valence-corrected chi connectivity index (χ1v) is 6.59. The molecule has 0 heterocycles. The fraction of sp³-hybridized carbons (Fsp3) is 0.571. The smallest absolute Gasteiger partial charge is 0.144 e. The SMILES string of the molecule is CCCOc1cccc(NC2CCCC2)c1N. The van der Waals surface area contributed by atoms with Crippen LogP contribution in [0.3, 0.4) is 0 Å². The second-order valence-electron chi connectivity index (χ2n) is 4.69. The quantitative estimate of drug-likeness (QED) is 0.767. The summed E-state index contributed by atoms with van der Waals surface area (Å²) in [5.74, 6) is 0.801. The Kier molecular flexibility index (Phi) is 4.13. The van der Waals surface area contributed by atoms with Crippen molar-refractivity contribution in [2.45, 2.75) is 45.1 Å². The van der Waals surface area contributed by atoms with Crippen molar-refractivity contribution >= 4 is 11.4 Å². The van der Waals surface area contributed by atoms with Crippen LogP contribution >= 0.6 is 0 Å². The van der Waals surface area contributed by atoms with Gasteiger partial charge in [-0.2, -0.15) is 0 Å². The Morgan fingerprint density at radius 3 is 2.82 bits per heavy atom. The van der Waals surface area contributed by atoms with E-state index in [0.29, 0.717) is 6.04 Å². The Balaban J connectivity index is 2.05. The minimum Gasteiger partial charge on any atom is -0.491 e. The van der Waals surface area contributed by atoms with E-state index >= 15 is 0 Å². The number of hydrogen-bond acceptors (Lipinski definition) is 3. The number of rotatable bonds is 5. The fourth-order valence-corrected chi connectivity index (χ4v) is 2.30. The molecule has 0 aliphatic heterocycles. The number of anilines is 2. The van der Waals surface area contributed by atoms with Crippen molar-refractivity contribution in [3.05, 3.63) is 18.2 Å². The first-order valence-electron chi connectivity index (χ1n) is 6.59. The Hall–Kier alpha value is -1.38. The van der Waals surface area contributed by atoms with Gasteiger partial charge < -0.3 is 15.8 Å². The molecule has 0 saturated heterocycles. The first kappa shape index (κ1) is 12.1. The molecule has 3 N–H and O–H groups in total. The van der Waals surface area contributed by atoms with Crippen molar-refractivity contribution in [1.29, 1.82) is 0 Å². The lowest BCUT2D eigenvalue weighted by molar-refractivity contribution is 0.319. The van der Waals surface area contributed by atoms with Gasteiger partial charge in [0.25, 0.3) is 0 Å². The van der Waals surface area contributed by atoms with E-state index in [1.807, 2.05) is 18.2 Å². The fourth-order valence-electron chi connectivity index (χ4n) is 2.30. The van der Waals surface area contributed by atoms with Crippen molar-refractivity contribution in [2.24, 2.45) is 0 Å². The lowest BCUT2D eigenvalue weighted by atomic mass is 10.2. The molecular formula is C14H22N2O. The van der Waals surface area contributed by atoms with Gasteiger partial charge in [0.1, 0.15) is 5.75 Å². The van der Waals surface area contributed by atoms with Gasteiger partial charge in [0, 0.05) is 6.04 Å². The normalized spacial score (nSPS) is 16.1. The van der Waals surface area contributed by atoms with E-state index in [0.717, 1.165) is 30.2 Å². The standard InChI is InChI=1S/C14H22N2O/c1-2-10-17-13-9-5-8-12(14(13)15)16-11-6-3-4-7-11/h5,8-9,11,16H,2-4,6-7,10,15H2,1H3. The zero-order valence-corrected chi connectivity index (χ0v) is 10.5. The lowest BCUT2D eigenvalue weighted by Crippen LogP contribution is -2.15. The van der Waals surface area contributed by atoms with Crippen LogP contribution in [0.1, 0.15) is 39.0 Å². The van der Waals surface area contributed by atoms with Crippen LogP contribution in [0.4, 0.5) is 11.4 Å². The molecule has 0 unspecified atom stereocenters. The predicted octanol–water partition coefficient (Wildman–Crippen LogP) is 3.41. The molecule has 0 spiro atoms. The van der Waals surface area contributed by atoms with Gasteiger partial charge in [0.2, 0.25) is 0 Å². The molecule has 1 aliphatic rings. The van der Waals surface area contributed by atoms with Gasteiger partial charge >= 0.3 is 0 Å². The first-order chi connectivity index (χ1) is 8.31. The minimum absolute atomic E-state index is 0.582. The molecule has 0 amide bonds. The number of benzene rings is 1. The second kappa shape index (κ2) is 5.80. The largest absolute Gasteiger partial charge is 0.491 e. The van der Waals surface area contributed by atoms with Gasteiger partial charge in [-0.3, -0.25) is 0 Å². The highest BCUT2D eigenvalue weighted by atomic mass is 16.5. The van der Waals surface area contributed by atoms with Crippen LogP contribution < -0.4 is 15.8 Å². The molecule has 17 heavy (non-hydrogen) atoms. The molecule has 0 aromatic heterocycles. The van der Waals surface area contributed by atoms with E-state index in [1.54, 1.807) is 0 Å². The average molecular weight is 234 g/mol. The minimum atomic E-state index is 0.582. The molecule has 2 rings (SSSR count). The Bertz CT molecular complexity index is 359. The van der Waals surface area contributed by atoms with Gasteiger partial charge in [-0.25, -0.2) is 0 Å². The highest BCUT2D eigenvalue weighted by Gasteiger charge is 2.16. The zero-order valence-electron chi connectivity index (χ0n) is 10.5. The van der Waals surface area contributed by atoms with E-state index in [4.69, 9.17) is 10.5 Å². The number of nitrogens with one attached hydrogen (secondary N) is 1. The van der Waals surface area contributed by atoms with Gasteiger partial charge in [-0.15, -0.1) is 0 Å². The highest BCUT2D eigenvalue weighted by Crippen LogP contribution is 2.32. The average Bonchev–Trinajstić information content (AvgIpc) is 2.83. The summed E-state index contributed by atoms with van der Waals surface area (Å²) in [6.45, 7) is 2.81. The molecule has 94 valence electrons. The predicted molar refractivity (Wildman–Crippen MR) is 72.5 cm³/mol. The summed E-state index contributed by atoms with van der Waals surface area (Å²) < 4.78 is 5.63. The lowest BCUT2D eigenvalue weighted by Gasteiger charge is -2.17. The highest BCUT2D eigenvalue weighted by molar-refractivity contribution is 5.73. The molecule has 1 saturated carbocycles. The van der Waals surface area contributed by atoms with E-state index in [9.17, 15) is 0 Å². The number of hydrogen-bond donors (Lipinski definition) is 2. The molecule has 3 heteroatoms. The molecule has 3 nitrogen and oxygen atoms in total. The maximum absolute atomic E-state index is 6.11. The number of para-hydroxylation sites is 1. The van der Waals surface area contributed by atoms with Crippen molar-refractivity contribution in [3.63, 3.8) is 0 Å². The van der Waals surface area contributed by atoms with E-state index in [2.05, 4.69) is 12.2 Å². The maximum Gasteiger partial charge on any atom is 0.144 e. The van der Waals surface area contributed by atoms with Gasteiger partial charge in [-0.1, -0.05) is 25.8 Å². The maximum atomic E-state index is 6.11. The summed E-state index contributed by atoms with van der Waals surface area (Å²) in [7, 11) is 0. The van der Waals surface area contributed by atoms with Crippen molar-refractivity contribution in [3.8, 4) is 5.75 Å². The van der Waals surface area contributed by atoms with Gasteiger partial charge in [0.05, 0.1) is 18.0 Å². The summed E-state index contributed by atoms with van der Waals surface area (Å²) in [5, 5.41) is 3.52. The van der Waals surface area contributed by atoms with E-state index < -0.39 is 0 Å². The van der Waals surface area contributed by atoms with E-state index in [1.165, 1.54) is 25.7 Å². The Morgan fingerprint density at radius 1 is 1.35 bits per heavy atom. The number of ether oxygens (including phenoxy) is 1. The molecule has 1 aliphatic carbocycles. The number of nitrogen functional groups attached to an aromatic ring is 1. The second-order valence-corrected chi connectivity index (χ2v) is 4.69. The molecule has 0 bridgehead atoms. The van der Waals surface area contributed by atoms with Gasteiger partial charge in [-0.05, 0) is 31.4 Å². The molecular weight excluding hydrogens is 212 g/mol. The van der Waals surface area contributed by atoms with Crippen LogP contribution in [0.15, 0.2) is 18.2 Å². The monoisotopic (exact) mass is 234 g/mol. The summed E-state index contributed by atoms with van der Waals surface area (Å²) in [5.41, 5.74) is 7.88. The Labute approximate surface area is 103 Å². The third-order valence-corrected chi connectivity index (χ3v) is 3.24. The topological polar surface area (TPSA) is 47.3 Å². The van der Waals surface area contributed by atoms with Crippen LogP contribution in [0.25, 0.3) is 0 Å². The van der Waals surface area contributed by atoms with Gasteiger partial charge in [0.15, 0.2) is 0 Å². The van der Waals surface area contributed by atoms with Crippen molar-refractivity contribution in [1.82, 2.24) is 0 Å². The van der Waals surface area contributed by atoms with Crippen LogP contribution in [-0.4, -0.2) is 12.6 Å². The van der Waals surface area contributed by atoms with E-state index in [-0.39, 0.29) is 0 Å². The molecule has 1 fully saturated rings. The van der Waals surface area contributed by atoms with Crippen LogP contribution in [0.2, 0.25) is 0 Å². The van der Waals surface area contributed by atoms with Crippen LogP contribution in [0, 0.1) is 0 Å². The summed E-state index contributed by atoms with van der Waals surface area (Å²) >= 11 is 0. The van der Waals surface area contributed by atoms with Crippen molar-refractivity contribution < 1.29 is 4.74 Å². The zero-order chi connectivity index (χ0) is 12.1.